The Bertz CT molecular complexity index is 866. The Labute approximate surface area is 139 Å². The highest BCUT2D eigenvalue weighted by Crippen LogP contribution is 2.28. The van der Waals surface area contributed by atoms with Gasteiger partial charge in [0.25, 0.3) is 0 Å². The average Bonchev–Trinajstić information content (AvgIpc) is 3.27. The normalized spacial score (nSPS) is 20.3. The highest BCUT2D eigenvalue weighted by atomic mass is 32.2. The Balaban J connectivity index is 1.50. The number of aromatic nitrogens is 2. The third kappa shape index (κ3) is 2.78. The first-order valence-electron chi connectivity index (χ1n) is 8.07. The number of carbonyl (C=O) groups is 1. The lowest BCUT2D eigenvalue weighted by Crippen LogP contribution is -2.43. The number of fused-ring (bicyclic) bond motifs is 1. The summed E-state index contributed by atoms with van der Waals surface area (Å²) in [6.07, 6.45) is 3.17. The average molecular weight is 350 g/mol. The maximum atomic E-state index is 12.9. The van der Waals surface area contributed by atoms with Crippen LogP contribution < -0.4 is 5.32 Å². The lowest BCUT2D eigenvalue weighted by atomic mass is 9.97. The summed E-state index contributed by atoms with van der Waals surface area (Å²) >= 11 is 0. The lowest BCUT2D eigenvalue weighted by molar-refractivity contribution is -0.126. The molecule has 1 aliphatic heterocycles. The summed E-state index contributed by atoms with van der Waals surface area (Å²) in [5.41, 5.74) is 0.654. The van der Waals surface area contributed by atoms with Crippen LogP contribution in [-0.4, -0.2) is 48.1 Å². The van der Waals surface area contributed by atoms with E-state index in [2.05, 4.69) is 20.3 Å². The zero-order valence-corrected chi connectivity index (χ0v) is 13.8. The van der Waals surface area contributed by atoms with E-state index in [1.54, 1.807) is 12.1 Å². The third-order valence-corrected chi connectivity index (χ3v) is 6.55. The fourth-order valence-electron chi connectivity index (χ4n) is 3.03. The molecule has 2 aliphatic rings. The smallest absolute Gasteiger partial charge is 0.245 e. The molecule has 1 aromatic heterocycles. The summed E-state index contributed by atoms with van der Waals surface area (Å²) in [6, 6.07) is 5.11. The number of nitrogens with one attached hydrogen (secondary N) is 1. The van der Waals surface area contributed by atoms with E-state index in [-0.39, 0.29) is 22.2 Å². The fraction of sp³-hybridized carbons (Fsp3) is 0.533. The summed E-state index contributed by atoms with van der Waals surface area (Å²) in [7, 11) is -3.68. The maximum absolute atomic E-state index is 12.9. The molecule has 4 rings (SSSR count). The second kappa shape index (κ2) is 5.82. The summed E-state index contributed by atoms with van der Waals surface area (Å²) in [6.45, 7) is 0.652. The van der Waals surface area contributed by atoms with Gasteiger partial charge in [-0.15, -0.1) is 0 Å². The molecule has 2 fully saturated rings. The number of carbonyl (C=O) groups excluding carboxylic acids is 1. The van der Waals surface area contributed by atoms with Crippen molar-refractivity contribution in [3.05, 3.63) is 18.2 Å². The van der Waals surface area contributed by atoms with Gasteiger partial charge in [-0.1, -0.05) is 6.07 Å². The predicted molar refractivity (Wildman–Crippen MR) is 84.5 cm³/mol. The van der Waals surface area contributed by atoms with Gasteiger partial charge in [0, 0.05) is 25.0 Å². The highest BCUT2D eigenvalue weighted by molar-refractivity contribution is 7.89. The van der Waals surface area contributed by atoms with Gasteiger partial charge in [0.15, 0.2) is 5.52 Å². The largest absolute Gasteiger partial charge is 0.353 e. The van der Waals surface area contributed by atoms with Crippen molar-refractivity contribution in [1.82, 2.24) is 19.9 Å². The van der Waals surface area contributed by atoms with Gasteiger partial charge in [0.1, 0.15) is 10.4 Å². The van der Waals surface area contributed by atoms with Gasteiger partial charge in [-0.3, -0.25) is 4.79 Å². The van der Waals surface area contributed by atoms with E-state index >= 15 is 0 Å². The van der Waals surface area contributed by atoms with Crippen molar-refractivity contribution in [3.8, 4) is 0 Å². The molecule has 1 amide bonds. The second-order valence-corrected chi connectivity index (χ2v) is 8.26. The molecule has 0 bridgehead atoms. The minimum absolute atomic E-state index is 0.0531. The number of rotatable bonds is 4. The maximum Gasteiger partial charge on any atom is 0.245 e. The predicted octanol–water partition coefficient (Wildman–Crippen LogP) is 0.902. The molecular formula is C15H18N4O4S. The van der Waals surface area contributed by atoms with Gasteiger partial charge in [-0.05, 0) is 48.1 Å². The van der Waals surface area contributed by atoms with Crippen molar-refractivity contribution in [1.29, 1.82) is 0 Å². The van der Waals surface area contributed by atoms with Crippen LogP contribution in [0.25, 0.3) is 11.0 Å². The van der Waals surface area contributed by atoms with Gasteiger partial charge in [-0.2, -0.15) is 4.31 Å². The van der Waals surface area contributed by atoms with Crippen LogP contribution in [0.4, 0.5) is 0 Å². The molecule has 0 atom stereocenters. The topological polar surface area (TPSA) is 105 Å². The molecular weight excluding hydrogens is 332 g/mol. The Hall–Kier alpha value is -2.00. The van der Waals surface area contributed by atoms with E-state index in [0.717, 1.165) is 12.8 Å². The second-order valence-electron chi connectivity index (χ2n) is 6.35. The van der Waals surface area contributed by atoms with Crippen molar-refractivity contribution >= 4 is 27.0 Å². The minimum Gasteiger partial charge on any atom is -0.353 e. The summed E-state index contributed by atoms with van der Waals surface area (Å²) in [4.78, 5) is 12.2. The molecule has 2 heterocycles. The van der Waals surface area contributed by atoms with E-state index in [1.807, 2.05) is 0 Å². The minimum atomic E-state index is -3.68. The van der Waals surface area contributed by atoms with Crippen LogP contribution in [0.3, 0.4) is 0 Å². The van der Waals surface area contributed by atoms with E-state index in [9.17, 15) is 13.2 Å². The van der Waals surface area contributed by atoms with Crippen molar-refractivity contribution in [2.75, 3.05) is 13.1 Å². The lowest BCUT2D eigenvalue weighted by Gasteiger charge is -2.30. The van der Waals surface area contributed by atoms with Gasteiger partial charge >= 0.3 is 0 Å². The third-order valence-electron chi connectivity index (χ3n) is 4.62. The quantitative estimate of drug-likeness (QED) is 0.878. The Kier molecular flexibility index (Phi) is 3.76. The summed E-state index contributed by atoms with van der Waals surface area (Å²) in [5, 5.41) is 10.4. The number of hydrogen-bond acceptors (Lipinski definition) is 6. The standard InChI is InChI=1S/C15H18N4O4S/c20-15(16-11-4-5-11)10-6-8-19(9-7-10)24(21,22)13-3-1-2-12-14(13)18-23-17-12/h1-3,10-11H,4-9H2,(H,16,20). The Morgan fingerprint density at radius 3 is 2.62 bits per heavy atom. The Morgan fingerprint density at radius 1 is 1.17 bits per heavy atom. The molecule has 1 saturated carbocycles. The molecule has 24 heavy (non-hydrogen) atoms. The number of benzene rings is 1. The molecule has 0 spiro atoms. The van der Waals surface area contributed by atoms with Crippen molar-refractivity contribution in [2.45, 2.75) is 36.6 Å². The van der Waals surface area contributed by atoms with Crippen molar-refractivity contribution < 1.29 is 17.8 Å². The SMILES string of the molecule is O=C(NC1CC1)C1CCN(S(=O)(=O)c2cccc3nonc23)CC1. The van der Waals surface area contributed by atoms with E-state index in [0.29, 0.717) is 37.5 Å². The van der Waals surface area contributed by atoms with E-state index in [4.69, 9.17) is 0 Å². The van der Waals surface area contributed by atoms with Crippen LogP contribution in [0, 0.1) is 5.92 Å². The van der Waals surface area contributed by atoms with Crippen LogP contribution in [0.2, 0.25) is 0 Å². The molecule has 1 aliphatic carbocycles. The monoisotopic (exact) mass is 350 g/mol. The van der Waals surface area contributed by atoms with Gasteiger partial charge in [0.05, 0.1) is 0 Å². The van der Waals surface area contributed by atoms with Gasteiger partial charge in [0.2, 0.25) is 15.9 Å². The molecule has 1 N–H and O–H groups in total. The Morgan fingerprint density at radius 2 is 1.92 bits per heavy atom. The van der Waals surface area contributed by atoms with Crippen LogP contribution in [0.15, 0.2) is 27.7 Å². The molecule has 2 aromatic rings. The van der Waals surface area contributed by atoms with Gasteiger partial charge in [-0.25, -0.2) is 13.0 Å². The van der Waals surface area contributed by atoms with Gasteiger partial charge < -0.3 is 5.32 Å². The number of piperidine rings is 1. The van der Waals surface area contributed by atoms with Crippen LogP contribution >= 0.6 is 0 Å². The van der Waals surface area contributed by atoms with Crippen molar-refractivity contribution in [3.63, 3.8) is 0 Å². The number of hydrogen-bond donors (Lipinski definition) is 1. The molecule has 0 unspecified atom stereocenters. The number of nitrogens with zero attached hydrogens (tertiary/aromatic N) is 3. The molecule has 0 radical (unpaired) electrons. The first kappa shape index (κ1) is 15.5. The summed E-state index contributed by atoms with van der Waals surface area (Å²) in [5.74, 6) is -0.0566. The van der Waals surface area contributed by atoms with Crippen molar-refractivity contribution in [2.24, 2.45) is 5.92 Å². The summed E-state index contributed by atoms with van der Waals surface area (Å²) < 4.78 is 31.8. The molecule has 128 valence electrons. The fourth-order valence-corrected chi connectivity index (χ4v) is 4.64. The van der Waals surface area contributed by atoms with E-state index in [1.165, 1.54) is 10.4 Å². The zero-order chi connectivity index (χ0) is 16.7. The van der Waals surface area contributed by atoms with Crippen LogP contribution in [0.5, 0.6) is 0 Å². The van der Waals surface area contributed by atoms with E-state index < -0.39 is 10.0 Å². The number of sulfonamides is 1. The first-order chi connectivity index (χ1) is 11.6. The molecule has 9 heteroatoms. The molecule has 1 aromatic carbocycles. The highest BCUT2D eigenvalue weighted by Gasteiger charge is 2.35. The molecule has 1 saturated heterocycles. The van der Waals surface area contributed by atoms with Crippen LogP contribution in [0.1, 0.15) is 25.7 Å². The van der Waals surface area contributed by atoms with Crippen LogP contribution in [-0.2, 0) is 14.8 Å². The molecule has 8 nitrogen and oxygen atoms in total. The first-order valence-corrected chi connectivity index (χ1v) is 9.51. The zero-order valence-electron chi connectivity index (χ0n) is 13.0. The number of amides is 1.